The van der Waals surface area contributed by atoms with Crippen molar-refractivity contribution in [2.24, 2.45) is 0 Å². The van der Waals surface area contributed by atoms with Crippen molar-refractivity contribution >= 4 is 11.8 Å². The zero-order chi connectivity index (χ0) is 10.9. The van der Waals surface area contributed by atoms with Gasteiger partial charge in [-0.15, -0.1) is 0 Å². The van der Waals surface area contributed by atoms with E-state index in [9.17, 15) is 0 Å². The van der Waals surface area contributed by atoms with Gasteiger partial charge in [-0.1, -0.05) is 0 Å². The van der Waals surface area contributed by atoms with Gasteiger partial charge in [-0.25, -0.2) is 0 Å². The summed E-state index contributed by atoms with van der Waals surface area (Å²) >= 11 is 1.92. The first-order valence-electron chi connectivity index (χ1n) is 5.85. The largest absolute Gasteiger partial charge is 0.379 e. The molecule has 1 saturated heterocycles. The number of ether oxygens (including phenoxy) is 1. The number of hydrogen-bond donors (Lipinski definition) is 1. The van der Waals surface area contributed by atoms with Crippen molar-refractivity contribution in [2.45, 2.75) is 19.4 Å². The summed E-state index contributed by atoms with van der Waals surface area (Å²) in [4.78, 5) is 2.47. The van der Waals surface area contributed by atoms with Gasteiger partial charge in [-0.2, -0.15) is 11.8 Å². The molecule has 15 heavy (non-hydrogen) atoms. The van der Waals surface area contributed by atoms with Crippen LogP contribution in [-0.2, 0) is 4.74 Å². The van der Waals surface area contributed by atoms with E-state index in [-0.39, 0.29) is 0 Å². The molecule has 0 radical (unpaired) electrons. The van der Waals surface area contributed by atoms with Crippen LogP contribution >= 0.6 is 11.8 Å². The number of thioether (sulfide) groups is 1. The lowest BCUT2D eigenvalue weighted by Crippen LogP contribution is -2.41. The van der Waals surface area contributed by atoms with E-state index in [1.807, 2.05) is 11.8 Å². The van der Waals surface area contributed by atoms with Crippen LogP contribution < -0.4 is 5.32 Å². The fourth-order valence-corrected chi connectivity index (χ4v) is 2.28. The average Bonchev–Trinajstić information content (AvgIpc) is 2.28. The quantitative estimate of drug-likeness (QED) is 0.709. The zero-order valence-corrected chi connectivity index (χ0v) is 10.8. The molecular formula is C11H24N2OS. The van der Waals surface area contributed by atoms with Crippen molar-refractivity contribution in [3.63, 3.8) is 0 Å². The van der Waals surface area contributed by atoms with E-state index >= 15 is 0 Å². The molecule has 0 bridgehead atoms. The molecule has 0 aromatic heterocycles. The molecule has 1 N–H and O–H groups in total. The van der Waals surface area contributed by atoms with Crippen LogP contribution in [-0.4, -0.2) is 62.3 Å². The lowest BCUT2D eigenvalue weighted by Gasteiger charge is -2.27. The standard InChI is InChI=1S/C11H24N2OS/c1-11(3-10-15-2)12-4-5-13-6-8-14-9-7-13/h11-12H,3-10H2,1-2H3. The molecule has 4 heteroatoms. The van der Waals surface area contributed by atoms with Crippen LogP contribution in [0.4, 0.5) is 0 Å². The van der Waals surface area contributed by atoms with Crippen LogP contribution in [0.15, 0.2) is 0 Å². The van der Waals surface area contributed by atoms with Gasteiger partial charge in [0.1, 0.15) is 0 Å². The summed E-state index contributed by atoms with van der Waals surface area (Å²) in [6.45, 7) is 8.55. The van der Waals surface area contributed by atoms with E-state index in [1.165, 1.54) is 12.2 Å². The Balaban J connectivity index is 1.94. The maximum Gasteiger partial charge on any atom is 0.0594 e. The highest BCUT2D eigenvalue weighted by molar-refractivity contribution is 7.98. The van der Waals surface area contributed by atoms with Crippen molar-refractivity contribution < 1.29 is 4.74 Å². The van der Waals surface area contributed by atoms with Crippen molar-refractivity contribution in [3.05, 3.63) is 0 Å². The summed E-state index contributed by atoms with van der Waals surface area (Å²) in [6, 6.07) is 0.651. The summed E-state index contributed by atoms with van der Waals surface area (Å²) in [7, 11) is 0. The normalized spacial score (nSPS) is 20.4. The van der Waals surface area contributed by atoms with Gasteiger partial charge in [0.05, 0.1) is 13.2 Å². The Morgan fingerprint density at radius 1 is 1.40 bits per heavy atom. The van der Waals surface area contributed by atoms with Crippen molar-refractivity contribution in [2.75, 3.05) is 51.4 Å². The third kappa shape index (κ3) is 6.40. The van der Waals surface area contributed by atoms with E-state index in [4.69, 9.17) is 4.74 Å². The molecular weight excluding hydrogens is 208 g/mol. The predicted molar refractivity (Wildman–Crippen MR) is 67.7 cm³/mol. The molecule has 0 aliphatic carbocycles. The number of hydrogen-bond acceptors (Lipinski definition) is 4. The first kappa shape index (κ1) is 13.3. The molecule has 1 aliphatic heterocycles. The SMILES string of the molecule is CSCCC(C)NCCN1CCOCC1. The predicted octanol–water partition coefficient (Wildman–Crippen LogP) is 1.05. The molecule has 0 aromatic rings. The average molecular weight is 232 g/mol. The van der Waals surface area contributed by atoms with Crippen LogP contribution in [0, 0.1) is 0 Å². The van der Waals surface area contributed by atoms with Crippen molar-refractivity contribution in [1.29, 1.82) is 0 Å². The minimum absolute atomic E-state index is 0.651. The molecule has 1 unspecified atom stereocenters. The van der Waals surface area contributed by atoms with Gasteiger partial charge in [-0.3, -0.25) is 4.90 Å². The highest BCUT2D eigenvalue weighted by atomic mass is 32.2. The first-order chi connectivity index (χ1) is 7.33. The summed E-state index contributed by atoms with van der Waals surface area (Å²) in [5.74, 6) is 1.26. The Hall–Kier alpha value is 0.230. The van der Waals surface area contributed by atoms with E-state index in [0.717, 1.165) is 39.4 Å². The van der Waals surface area contributed by atoms with Crippen molar-refractivity contribution in [3.8, 4) is 0 Å². The number of morpholine rings is 1. The van der Waals surface area contributed by atoms with Gasteiger partial charge in [0.25, 0.3) is 0 Å². The molecule has 1 fully saturated rings. The fourth-order valence-electron chi connectivity index (χ4n) is 1.69. The molecule has 1 rings (SSSR count). The van der Waals surface area contributed by atoms with Crippen molar-refractivity contribution in [1.82, 2.24) is 10.2 Å². The maximum absolute atomic E-state index is 5.32. The first-order valence-corrected chi connectivity index (χ1v) is 7.24. The van der Waals surface area contributed by atoms with Gasteiger partial charge in [-0.05, 0) is 25.4 Å². The third-order valence-electron chi connectivity index (χ3n) is 2.78. The topological polar surface area (TPSA) is 24.5 Å². The summed E-state index contributed by atoms with van der Waals surface area (Å²) in [6.07, 6.45) is 3.44. The maximum atomic E-state index is 5.32. The summed E-state index contributed by atoms with van der Waals surface area (Å²) < 4.78 is 5.32. The molecule has 1 atom stereocenters. The lowest BCUT2D eigenvalue weighted by atomic mass is 10.2. The second kappa shape index (κ2) is 8.39. The van der Waals surface area contributed by atoms with Gasteiger partial charge in [0.15, 0.2) is 0 Å². The second-order valence-electron chi connectivity index (χ2n) is 4.09. The molecule has 1 aliphatic rings. The summed E-state index contributed by atoms with van der Waals surface area (Å²) in [5.41, 5.74) is 0. The van der Waals surface area contributed by atoms with E-state index in [0.29, 0.717) is 6.04 Å². The highest BCUT2D eigenvalue weighted by Crippen LogP contribution is 2.00. The van der Waals surface area contributed by atoms with Gasteiger partial charge < -0.3 is 10.1 Å². The third-order valence-corrected chi connectivity index (χ3v) is 3.42. The van der Waals surface area contributed by atoms with Gasteiger partial charge >= 0.3 is 0 Å². The number of rotatable bonds is 7. The van der Waals surface area contributed by atoms with Crippen LogP contribution in [0.25, 0.3) is 0 Å². The monoisotopic (exact) mass is 232 g/mol. The lowest BCUT2D eigenvalue weighted by molar-refractivity contribution is 0.0382. The van der Waals surface area contributed by atoms with Crippen LogP contribution in [0.5, 0.6) is 0 Å². The van der Waals surface area contributed by atoms with Crippen LogP contribution in [0.1, 0.15) is 13.3 Å². The highest BCUT2D eigenvalue weighted by Gasteiger charge is 2.09. The summed E-state index contributed by atoms with van der Waals surface area (Å²) in [5, 5.41) is 3.57. The second-order valence-corrected chi connectivity index (χ2v) is 5.08. The smallest absolute Gasteiger partial charge is 0.0594 e. The Morgan fingerprint density at radius 3 is 2.80 bits per heavy atom. The van der Waals surface area contributed by atoms with Crippen LogP contribution in [0.3, 0.4) is 0 Å². The van der Waals surface area contributed by atoms with Crippen LogP contribution in [0.2, 0.25) is 0 Å². The van der Waals surface area contributed by atoms with E-state index < -0.39 is 0 Å². The number of nitrogens with zero attached hydrogens (tertiary/aromatic N) is 1. The van der Waals surface area contributed by atoms with E-state index in [1.54, 1.807) is 0 Å². The molecule has 0 aromatic carbocycles. The Bertz CT molecular complexity index is 152. The molecule has 1 heterocycles. The molecule has 0 saturated carbocycles. The fraction of sp³-hybridized carbons (Fsp3) is 1.00. The Morgan fingerprint density at radius 2 is 2.13 bits per heavy atom. The molecule has 3 nitrogen and oxygen atoms in total. The minimum atomic E-state index is 0.651. The molecule has 90 valence electrons. The molecule has 0 spiro atoms. The van der Waals surface area contributed by atoms with Gasteiger partial charge in [0, 0.05) is 32.2 Å². The van der Waals surface area contributed by atoms with Gasteiger partial charge in [0.2, 0.25) is 0 Å². The Kier molecular flexibility index (Phi) is 7.44. The number of nitrogens with one attached hydrogen (secondary N) is 1. The minimum Gasteiger partial charge on any atom is -0.379 e. The Labute approximate surface area is 97.9 Å². The molecule has 0 amide bonds. The zero-order valence-electron chi connectivity index (χ0n) is 10.00. The van der Waals surface area contributed by atoms with E-state index in [2.05, 4.69) is 23.4 Å².